The highest BCUT2D eigenvalue weighted by molar-refractivity contribution is 5.95. The van der Waals surface area contributed by atoms with Crippen LogP contribution in [-0.2, 0) is 15.0 Å². The number of pyridine rings is 1. The summed E-state index contributed by atoms with van der Waals surface area (Å²) in [7, 11) is 1.74. The summed E-state index contributed by atoms with van der Waals surface area (Å²) in [6, 6.07) is 10.9. The first-order valence-electron chi connectivity index (χ1n) is 16.9. The van der Waals surface area contributed by atoms with Crippen molar-refractivity contribution in [3.63, 3.8) is 0 Å². The van der Waals surface area contributed by atoms with Crippen molar-refractivity contribution in [3.05, 3.63) is 59.8 Å². The van der Waals surface area contributed by atoms with Gasteiger partial charge in [-0.25, -0.2) is 9.97 Å². The fourth-order valence-electron chi connectivity index (χ4n) is 8.40. The van der Waals surface area contributed by atoms with E-state index in [0.717, 1.165) is 99.9 Å². The highest BCUT2D eigenvalue weighted by atomic mass is 16.5. The number of carbonyl (C=O) groups excluding carboxylic acids is 2. The molecule has 2 heterocycles. The van der Waals surface area contributed by atoms with Gasteiger partial charge in [0, 0.05) is 43.1 Å². The van der Waals surface area contributed by atoms with Gasteiger partial charge >= 0.3 is 0 Å². The number of oxazole rings is 1. The van der Waals surface area contributed by atoms with Crippen molar-refractivity contribution in [1.29, 1.82) is 0 Å². The molecule has 0 spiro atoms. The van der Waals surface area contributed by atoms with Crippen molar-refractivity contribution >= 4 is 17.6 Å². The number of amides is 2. The zero-order valence-corrected chi connectivity index (χ0v) is 26.9. The third-order valence-corrected chi connectivity index (χ3v) is 11.4. The van der Waals surface area contributed by atoms with Crippen LogP contribution in [-0.4, -0.2) is 41.5 Å². The van der Waals surface area contributed by atoms with Gasteiger partial charge in [-0.15, -0.1) is 0 Å². The molecule has 2 amide bonds. The van der Waals surface area contributed by atoms with Crippen molar-refractivity contribution in [3.8, 4) is 17.0 Å². The van der Waals surface area contributed by atoms with Gasteiger partial charge in [-0.3, -0.25) is 14.5 Å². The lowest BCUT2D eigenvalue weighted by Crippen LogP contribution is -2.52. The van der Waals surface area contributed by atoms with Gasteiger partial charge in [0.05, 0.1) is 7.11 Å². The lowest BCUT2D eigenvalue weighted by molar-refractivity contribution is -0.124. The second kappa shape index (κ2) is 11.9. The van der Waals surface area contributed by atoms with Gasteiger partial charge in [-0.1, -0.05) is 12.1 Å². The minimum atomic E-state index is -0.0704. The highest BCUT2D eigenvalue weighted by Crippen LogP contribution is 2.58. The SMILES string of the molecule is COc1ccc(C23CCC(CN(C(=O)C4CCC(NC(C)=O)CC4)c4cc(-c5coc(C6CC6)n5)ccn4)(CC2)CC3)cc1C. The zero-order chi connectivity index (χ0) is 31.2. The van der Waals surface area contributed by atoms with Gasteiger partial charge in [0.2, 0.25) is 11.8 Å². The maximum Gasteiger partial charge on any atom is 0.231 e. The second-order valence-electron chi connectivity index (χ2n) is 14.4. The number of fused-ring (bicyclic) bond motifs is 3. The minimum Gasteiger partial charge on any atom is -0.496 e. The fraction of sp³-hybridized carbons (Fsp3) is 0.568. The van der Waals surface area contributed by atoms with E-state index in [0.29, 0.717) is 18.3 Å². The van der Waals surface area contributed by atoms with Crippen molar-refractivity contribution in [1.82, 2.24) is 15.3 Å². The van der Waals surface area contributed by atoms with E-state index >= 15 is 0 Å². The Kier molecular flexibility index (Phi) is 7.95. The molecule has 1 N–H and O–H groups in total. The van der Waals surface area contributed by atoms with Crippen LogP contribution in [0.3, 0.4) is 0 Å². The third-order valence-electron chi connectivity index (χ3n) is 11.4. The Labute approximate surface area is 266 Å². The molecule has 8 nitrogen and oxygen atoms in total. The first-order valence-corrected chi connectivity index (χ1v) is 16.9. The summed E-state index contributed by atoms with van der Waals surface area (Å²) in [6.07, 6.45) is 15.7. The molecule has 5 saturated carbocycles. The monoisotopic (exact) mass is 610 g/mol. The van der Waals surface area contributed by atoms with Gasteiger partial charge in [0.1, 0.15) is 23.5 Å². The number of benzene rings is 1. The number of methoxy groups -OCH3 is 1. The van der Waals surface area contributed by atoms with E-state index in [1.54, 1.807) is 26.5 Å². The normalized spacial score (nSPS) is 27.6. The van der Waals surface area contributed by atoms with Crippen molar-refractivity contribution in [2.45, 2.75) is 108 Å². The number of ether oxygens (including phenoxy) is 1. The topological polar surface area (TPSA) is 97.6 Å². The van der Waals surface area contributed by atoms with Gasteiger partial charge in [-0.05, 0) is 124 Å². The smallest absolute Gasteiger partial charge is 0.231 e. The number of hydrogen-bond acceptors (Lipinski definition) is 6. The third kappa shape index (κ3) is 6.00. The Balaban J connectivity index is 1.13. The van der Waals surface area contributed by atoms with Crippen LogP contribution in [0.15, 0.2) is 47.2 Å². The molecule has 2 bridgehead atoms. The molecule has 2 aromatic heterocycles. The van der Waals surface area contributed by atoms with Crippen LogP contribution >= 0.6 is 0 Å². The quantitative estimate of drug-likeness (QED) is 0.274. The molecular weight excluding hydrogens is 564 g/mol. The van der Waals surface area contributed by atoms with Crippen LogP contribution < -0.4 is 15.0 Å². The van der Waals surface area contributed by atoms with E-state index in [9.17, 15) is 9.59 Å². The number of nitrogens with one attached hydrogen (secondary N) is 1. The van der Waals surface area contributed by atoms with Crippen LogP contribution in [0.25, 0.3) is 11.3 Å². The van der Waals surface area contributed by atoms with Crippen LogP contribution in [0.1, 0.15) is 107 Å². The Hall–Kier alpha value is -3.68. The summed E-state index contributed by atoms with van der Waals surface area (Å²) in [5, 5.41) is 3.06. The lowest BCUT2D eigenvalue weighted by atomic mass is 9.51. The Bertz CT molecular complexity index is 1540. The molecular formula is C37H46N4O4. The maximum absolute atomic E-state index is 14.5. The second-order valence-corrected chi connectivity index (χ2v) is 14.4. The molecule has 3 aromatic rings. The summed E-state index contributed by atoms with van der Waals surface area (Å²) in [5.74, 6) is 3.00. The summed E-state index contributed by atoms with van der Waals surface area (Å²) < 4.78 is 11.3. The molecule has 1 aromatic carbocycles. The van der Waals surface area contributed by atoms with Crippen molar-refractivity contribution in [2.75, 3.05) is 18.6 Å². The molecule has 0 saturated heterocycles. The van der Waals surface area contributed by atoms with Gasteiger partial charge in [0.15, 0.2) is 5.89 Å². The van der Waals surface area contributed by atoms with E-state index in [-0.39, 0.29) is 34.6 Å². The number of carbonyl (C=O) groups is 2. The molecule has 8 rings (SSSR count). The number of rotatable bonds is 9. The number of nitrogens with zero attached hydrogens (tertiary/aromatic N) is 3. The number of aromatic nitrogens is 2. The molecule has 238 valence electrons. The maximum atomic E-state index is 14.5. The predicted molar refractivity (Wildman–Crippen MR) is 173 cm³/mol. The Morgan fingerprint density at radius 1 is 1.00 bits per heavy atom. The summed E-state index contributed by atoms with van der Waals surface area (Å²) in [5.41, 5.74) is 4.65. The molecule has 0 atom stereocenters. The van der Waals surface area contributed by atoms with E-state index in [4.69, 9.17) is 19.1 Å². The molecule has 5 aliphatic carbocycles. The summed E-state index contributed by atoms with van der Waals surface area (Å²) in [4.78, 5) is 37.7. The molecule has 5 aliphatic rings. The first kappa shape index (κ1) is 30.0. The standard InChI is InChI=1S/C37H46N4O4/c1-24-20-29(8-11-32(24)44-3)37-16-13-36(14-17-37,15-18-37)23-41(35(43)27-6-9-30(10-7-27)39-25(2)42)33-21-28(12-19-38-33)31-22-45-34(40-31)26-4-5-26/h8,11-12,19-22,26-27,30H,4-7,9-10,13-18,23H2,1-3H3,(H,39,42). The predicted octanol–water partition coefficient (Wildman–Crippen LogP) is 7.25. The minimum absolute atomic E-state index is 0.000286. The van der Waals surface area contributed by atoms with Crippen LogP contribution in [0.2, 0.25) is 0 Å². The number of anilines is 1. The lowest BCUT2D eigenvalue weighted by Gasteiger charge is -2.55. The molecule has 8 heteroatoms. The Morgan fingerprint density at radius 3 is 2.38 bits per heavy atom. The van der Waals surface area contributed by atoms with E-state index in [2.05, 4.69) is 30.4 Å². The van der Waals surface area contributed by atoms with Crippen LogP contribution in [0, 0.1) is 18.3 Å². The van der Waals surface area contributed by atoms with E-state index < -0.39 is 0 Å². The molecule has 0 radical (unpaired) electrons. The molecule has 0 unspecified atom stereocenters. The number of hydrogen-bond donors (Lipinski definition) is 1. The molecule has 5 fully saturated rings. The molecule has 0 aliphatic heterocycles. The number of aryl methyl sites for hydroxylation is 1. The first-order chi connectivity index (χ1) is 21.8. The Morgan fingerprint density at radius 2 is 1.73 bits per heavy atom. The van der Waals surface area contributed by atoms with Gasteiger partial charge in [0.25, 0.3) is 0 Å². The van der Waals surface area contributed by atoms with Gasteiger partial charge < -0.3 is 14.5 Å². The van der Waals surface area contributed by atoms with Crippen LogP contribution in [0.5, 0.6) is 5.75 Å². The largest absolute Gasteiger partial charge is 0.496 e. The van der Waals surface area contributed by atoms with E-state index in [1.165, 1.54) is 11.1 Å². The average Bonchev–Trinajstić information content (AvgIpc) is 3.80. The average molecular weight is 611 g/mol. The van der Waals surface area contributed by atoms with Gasteiger partial charge in [-0.2, -0.15) is 0 Å². The fourth-order valence-corrected chi connectivity index (χ4v) is 8.40. The highest BCUT2D eigenvalue weighted by Gasteiger charge is 2.51. The van der Waals surface area contributed by atoms with Crippen molar-refractivity contribution < 1.29 is 18.7 Å². The summed E-state index contributed by atoms with van der Waals surface area (Å²) >= 11 is 0. The molecule has 45 heavy (non-hydrogen) atoms. The van der Waals surface area contributed by atoms with Crippen molar-refractivity contribution in [2.24, 2.45) is 11.3 Å². The zero-order valence-electron chi connectivity index (χ0n) is 26.9. The van der Waals surface area contributed by atoms with E-state index in [1.807, 2.05) is 17.0 Å². The van der Waals surface area contributed by atoms with Crippen LogP contribution in [0.4, 0.5) is 5.82 Å². The summed E-state index contributed by atoms with van der Waals surface area (Å²) in [6.45, 7) is 4.39.